The van der Waals surface area contributed by atoms with Gasteiger partial charge in [0.25, 0.3) is 11.7 Å². The summed E-state index contributed by atoms with van der Waals surface area (Å²) in [6.45, 7) is 0.0990. The van der Waals surface area contributed by atoms with Gasteiger partial charge >= 0.3 is 0 Å². The Labute approximate surface area is 171 Å². The van der Waals surface area contributed by atoms with Gasteiger partial charge in [0.1, 0.15) is 11.5 Å². The van der Waals surface area contributed by atoms with E-state index in [0.717, 1.165) is 10.9 Å². The molecule has 7 heteroatoms. The number of benzene rings is 1. The van der Waals surface area contributed by atoms with Crippen molar-refractivity contribution in [3.05, 3.63) is 95.8 Å². The number of H-pyrrole nitrogens is 1. The number of nitrogens with zero attached hydrogens (tertiary/aromatic N) is 2. The third-order valence-electron chi connectivity index (χ3n) is 5.29. The molecule has 148 valence electrons. The molecule has 1 amide bonds. The molecule has 3 aromatic heterocycles. The molecule has 4 heterocycles. The van der Waals surface area contributed by atoms with Gasteiger partial charge in [0.05, 0.1) is 24.4 Å². The summed E-state index contributed by atoms with van der Waals surface area (Å²) in [5.74, 6) is -1.11. The predicted molar refractivity (Wildman–Crippen MR) is 109 cm³/mol. The average molecular weight is 399 g/mol. The summed E-state index contributed by atoms with van der Waals surface area (Å²) in [4.78, 5) is 34.6. The molecule has 1 atom stereocenters. The number of aromatic amines is 1. The Hall–Kier alpha value is -4.13. The van der Waals surface area contributed by atoms with Crippen molar-refractivity contribution >= 4 is 28.4 Å². The summed E-state index contributed by atoms with van der Waals surface area (Å²) in [6.07, 6.45) is 6.35. The largest absolute Gasteiger partial charge is 0.507 e. The molecule has 0 aliphatic carbocycles. The van der Waals surface area contributed by atoms with Crippen molar-refractivity contribution in [2.45, 2.75) is 12.6 Å². The van der Waals surface area contributed by atoms with Gasteiger partial charge in [-0.25, -0.2) is 0 Å². The molecule has 1 aromatic carbocycles. The van der Waals surface area contributed by atoms with E-state index in [1.54, 1.807) is 42.9 Å². The van der Waals surface area contributed by atoms with Crippen LogP contribution in [0.25, 0.3) is 16.7 Å². The Morgan fingerprint density at radius 2 is 2.00 bits per heavy atom. The van der Waals surface area contributed by atoms with Crippen LogP contribution in [0.5, 0.6) is 0 Å². The molecule has 7 nitrogen and oxygen atoms in total. The topological polar surface area (TPSA) is 99.4 Å². The van der Waals surface area contributed by atoms with E-state index < -0.39 is 17.7 Å². The first-order chi connectivity index (χ1) is 14.6. The van der Waals surface area contributed by atoms with Crippen LogP contribution in [0, 0.1) is 0 Å². The van der Waals surface area contributed by atoms with Gasteiger partial charge in [-0.15, -0.1) is 0 Å². The van der Waals surface area contributed by atoms with Crippen LogP contribution in [0.15, 0.2) is 83.4 Å². The molecular weight excluding hydrogens is 382 g/mol. The fourth-order valence-corrected chi connectivity index (χ4v) is 3.91. The molecule has 1 aliphatic rings. The minimum Gasteiger partial charge on any atom is -0.507 e. The highest BCUT2D eigenvalue weighted by Crippen LogP contribution is 2.41. The Bertz CT molecular complexity index is 1270. The highest BCUT2D eigenvalue weighted by Gasteiger charge is 2.46. The van der Waals surface area contributed by atoms with Gasteiger partial charge in [0.15, 0.2) is 0 Å². The van der Waals surface area contributed by atoms with Gasteiger partial charge in [-0.05, 0) is 29.8 Å². The molecule has 1 fully saturated rings. The Kier molecular flexibility index (Phi) is 4.21. The van der Waals surface area contributed by atoms with Crippen molar-refractivity contribution in [3.8, 4) is 0 Å². The van der Waals surface area contributed by atoms with Gasteiger partial charge in [-0.2, -0.15) is 0 Å². The number of para-hydroxylation sites is 1. The molecule has 5 rings (SSSR count). The zero-order chi connectivity index (χ0) is 20.7. The maximum atomic E-state index is 13.0. The van der Waals surface area contributed by atoms with E-state index >= 15 is 0 Å². The summed E-state index contributed by atoms with van der Waals surface area (Å²) in [7, 11) is 0. The number of aliphatic hydroxyl groups excluding tert-OH is 1. The van der Waals surface area contributed by atoms with E-state index in [-0.39, 0.29) is 17.9 Å². The van der Waals surface area contributed by atoms with Crippen LogP contribution in [-0.2, 0) is 16.1 Å². The van der Waals surface area contributed by atoms with Gasteiger partial charge < -0.3 is 19.4 Å². The number of nitrogens with one attached hydrogen (secondary N) is 1. The first-order valence-corrected chi connectivity index (χ1v) is 9.42. The lowest BCUT2D eigenvalue weighted by Crippen LogP contribution is -2.29. The molecule has 1 unspecified atom stereocenters. The predicted octanol–water partition coefficient (Wildman–Crippen LogP) is 3.78. The second-order valence-corrected chi connectivity index (χ2v) is 7.04. The van der Waals surface area contributed by atoms with Crippen LogP contribution in [0.1, 0.15) is 22.9 Å². The number of pyridine rings is 1. The van der Waals surface area contributed by atoms with E-state index in [2.05, 4.69) is 9.97 Å². The second kappa shape index (κ2) is 7.04. The van der Waals surface area contributed by atoms with Gasteiger partial charge in [0, 0.05) is 35.1 Å². The Morgan fingerprint density at radius 1 is 1.13 bits per heavy atom. The standard InChI is InChI=1S/C23H17N3O4/c27-21(17-12-25-18-8-2-1-7-16(17)18)19-20(14-5-3-9-24-11-14)26(23(29)22(19)28)13-15-6-4-10-30-15/h1-12,20,25,27H,13H2/b21-19-. The van der Waals surface area contributed by atoms with Crippen molar-refractivity contribution in [2.24, 2.45) is 0 Å². The minimum atomic E-state index is -0.780. The molecule has 1 aliphatic heterocycles. The van der Waals surface area contributed by atoms with Crippen molar-refractivity contribution in [3.63, 3.8) is 0 Å². The van der Waals surface area contributed by atoms with Crippen LogP contribution in [0.4, 0.5) is 0 Å². The first kappa shape index (κ1) is 17.9. The lowest BCUT2D eigenvalue weighted by Gasteiger charge is -2.24. The number of furan rings is 1. The lowest BCUT2D eigenvalue weighted by molar-refractivity contribution is -0.140. The number of likely N-dealkylation sites (tertiary alicyclic amines) is 1. The molecule has 0 saturated carbocycles. The van der Waals surface area contributed by atoms with Gasteiger partial charge in [-0.3, -0.25) is 14.6 Å². The smallest absolute Gasteiger partial charge is 0.296 e. The number of Topliss-reactive ketones (excluding diaryl/α,β-unsaturated/α-hetero) is 1. The van der Waals surface area contributed by atoms with Crippen LogP contribution < -0.4 is 0 Å². The SMILES string of the molecule is O=C1C(=O)N(Cc2ccco2)C(c2cccnc2)/C1=C(/O)c1c[nH]c2ccccc12. The second-order valence-electron chi connectivity index (χ2n) is 7.04. The normalized spacial score (nSPS) is 18.4. The Balaban J connectivity index is 1.69. The van der Waals surface area contributed by atoms with Crippen molar-refractivity contribution in [2.75, 3.05) is 0 Å². The van der Waals surface area contributed by atoms with Crippen LogP contribution in [-0.4, -0.2) is 31.7 Å². The monoisotopic (exact) mass is 399 g/mol. The average Bonchev–Trinajstić information content (AvgIpc) is 3.49. The molecule has 1 saturated heterocycles. The van der Waals surface area contributed by atoms with Crippen LogP contribution in [0.2, 0.25) is 0 Å². The van der Waals surface area contributed by atoms with E-state index in [9.17, 15) is 14.7 Å². The highest BCUT2D eigenvalue weighted by atomic mass is 16.3. The minimum absolute atomic E-state index is 0.0318. The number of rotatable bonds is 4. The highest BCUT2D eigenvalue weighted by molar-refractivity contribution is 6.46. The van der Waals surface area contributed by atoms with Crippen LogP contribution in [0.3, 0.4) is 0 Å². The Morgan fingerprint density at radius 3 is 2.77 bits per heavy atom. The summed E-state index contributed by atoms with van der Waals surface area (Å²) >= 11 is 0. The summed E-state index contributed by atoms with van der Waals surface area (Å²) in [6, 6.07) is 13.6. The molecule has 0 bridgehead atoms. The van der Waals surface area contributed by atoms with Gasteiger partial charge in [0.2, 0.25) is 0 Å². The number of ketones is 1. The third kappa shape index (κ3) is 2.79. The number of carbonyl (C=O) groups excluding carboxylic acids is 2. The van der Waals surface area contributed by atoms with Crippen molar-refractivity contribution < 1.29 is 19.1 Å². The third-order valence-corrected chi connectivity index (χ3v) is 5.29. The first-order valence-electron chi connectivity index (χ1n) is 9.42. The zero-order valence-corrected chi connectivity index (χ0v) is 15.8. The van der Waals surface area contributed by atoms with Crippen molar-refractivity contribution in [1.29, 1.82) is 0 Å². The van der Waals surface area contributed by atoms with E-state index in [4.69, 9.17) is 4.42 Å². The molecule has 0 radical (unpaired) electrons. The number of aliphatic hydroxyl groups is 1. The fraction of sp³-hybridized carbons (Fsp3) is 0.0870. The molecule has 2 N–H and O–H groups in total. The number of carbonyl (C=O) groups is 2. The summed E-state index contributed by atoms with van der Waals surface area (Å²) < 4.78 is 5.38. The fourth-order valence-electron chi connectivity index (χ4n) is 3.91. The van der Waals surface area contributed by atoms with E-state index in [0.29, 0.717) is 16.9 Å². The van der Waals surface area contributed by atoms with E-state index in [1.165, 1.54) is 11.2 Å². The number of hydrogen-bond donors (Lipinski definition) is 2. The van der Waals surface area contributed by atoms with Crippen molar-refractivity contribution in [1.82, 2.24) is 14.9 Å². The van der Waals surface area contributed by atoms with Gasteiger partial charge in [-0.1, -0.05) is 24.3 Å². The number of aromatic nitrogens is 2. The lowest BCUT2D eigenvalue weighted by atomic mass is 9.96. The molecule has 4 aromatic rings. The number of fused-ring (bicyclic) bond motifs is 1. The zero-order valence-electron chi connectivity index (χ0n) is 15.8. The quantitative estimate of drug-likeness (QED) is 0.309. The number of amides is 1. The molecule has 30 heavy (non-hydrogen) atoms. The van der Waals surface area contributed by atoms with Crippen LogP contribution >= 0.6 is 0 Å². The molecule has 0 spiro atoms. The maximum absolute atomic E-state index is 13.0. The summed E-state index contributed by atoms with van der Waals surface area (Å²) in [5, 5.41) is 11.9. The summed E-state index contributed by atoms with van der Waals surface area (Å²) in [5.41, 5.74) is 1.95. The molecular formula is C23H17N3O4. The maximum Gasteiger partial charge on any atom is 0.296 e. The number of hydrogen-bond acceptors (Lipinski definition) is 5. The van der Waals surface area contributed by atoms with E-state index in [1.807, 2.05) is 24.3 Å².